The molecule has 0 fully saturated rings. The molecule has 0 atom stereocenters. The molecule has 0 N–H and O–H groups in total. The monoisotopic (exact) mass is 271 g/mol. The van der Waals surface area contributed by atoms with E-state index in [4.69, 9.17) is 4.74 Å². The van der Waals surface area contributed by atoms with Gasteiger partial charge in [-0.1, -0.05) is 6.07 Å². The van der Waals surface area contributed by atoms with Gasteiger partial charge in [0, 0.05) is 18.2 Å². The Morgan fingerprint density at radius 2 is 1.95 bits per heavy atom. The van der Waals surface area contributed by atoms with Crippen LogP contribution in [0.1, 0.15) is 33.3 Å². The first kappa shape index (κ1) is 15.4. The minimum absolute atomic E-state index is 0.0531. The van der Waals surface area contributed by atoms with E-state index in [0.29, 0.717) is 6.54 Å². The summed E-state index contributed by atoms with van der Waals surface area (Å²) in [4.78, 5) is 13.2. The molecular formula is C14H19F2NO2. The molecule has 0 unspecified atom stereocenters. The summed E-state index contributed by atoms with van der Waals surface area (Å²) in [5.74, 6) is -1.30. The van der Waals surface area contributed by atoms with E-state index in [-0.39, 0.29) is 12.1 Å². The predicted molar refractivity (Wildman–Crippen MR) is 68.7 cm³/mol. The standard InChI is InChI=1S/C14H19F2NO2/c1-5-17(13(18)19-14(2,3)4)9-10-6-7-11(15)8-12(10)16/h6-8H,5,9H2,1-4H3. The highest BCUT2D eigenvalue weighted by Crippen LogP contribution is 2.15. The zero-order valence-corrected chi connectivity index (χ0v) is 11.7. The molecule has 0 aliphatic carbocycles. The van der Waals surface area contributed by atoms with Gasteiger partial charge in [-0.15, -0.1) is 0 Å². The summed E-state index contributed by atoms with van der Waals surface area (Å²) >= 11 is 0. The number of nitrogens with zero attached hydrogens (tertiary/aromatic N) is 1. The lowest BCUT2D eigenvalue weighted by Gasteiger charge is -2.26. The van der Waals surface area contributed by atoms with E-state index in [9.17, 15) is 13.6 Å². The molecule has 0 bridgehead atoms. The molecule has 1 amide bonds. The molecule has 5 heteroatoms. The smallest absolute Gasteiger partial charge is 0.410 e. The van der Waals surface area contributed by atoms with Crippen molar-refractivity contribution in [3.8, 4) is 0 Å². The number of amides is 1. The van der Waals surface area contributed by atoms with Crippen LogP contribution in [-0.4, -0.2) is 23.1 Å². The van der Waals surface area contributed by atoms with Gasteiger partial charge in [0.25, 0.3) is 0 Å². The first-order valence-electron chi connectivity index (χ1n) is 6.15. The zero-order chi connectivity index (χ0) is 14.6. The third-order valence-electron chi connectivity index (χ3n) is 2.41. The van der Waals surface area contributed by atoms with Crippen molar-refractivity contribution < 1.29 is 18.3 Å². The number of carbonyl (C=O) groups excluding carboxylic acids is 1. The summed E-state index contributed by atoms with van der Waals surface area (Å²) in [7, 11) is 0. The van der Waals surface area contributed by atoms with Crippen LogP contribution in [-0.2, 0) is 11.3 Å². The van der Waals surface area contributed by atoms with Crippen LogP contribution in [0, 0.1) is 11.6 Å². The fraction of sp³-hybridized carbons (Fsp3) is 0.500. The Hall–Kier alpha value is -1.65. The summed E-state index contributed by atoms with van der Waals surface area (Å²) in [5, 5.41) is 0. The Kier molecular flexibility index (Phi) is 4.86. The van der Waals surface area contributed by atoms with Crippen LogP contribution in [0.15, 0.2) is 18.2 Å². The zero-order valence-electron chi connectivity index (χ0n) is 11.7. The fourth-order valence-electron chi connectivity index (χ4n) is 1.49. The topological polar surface area (TPSA) is 29.5 Å². The Morgan fingerprint density at radius 1 is 1.32 bits per heavy atom. The first-order chi connectivity index (χ1) is 8.73. The molecule has 0 radical (unpaired) electrons. The van der Waals surface area contributed by atoms with E-state index < -0.39 is 23.3 Å². The third kappa shape index (κ3) is 4.85. The van der Waals surface area contributed by atoms with Crippen molar-refractivity contribution >= 4 is 6.09 Å². The number of ether oxygens (including phenoxy) is 1. The SMILES string of the molecule is CCN(Cc1ccc(F)cc1F)C(=O)OC(C)(C)C. The summed E-state index contributed by atoms with van der Waals surface area (Å²) in [6, 6.07) is 3.30. The van der Waals surface area contributed by atoms with Crippen LogP contribution < -0.4 is 0 Å². The third-order valence-corrected chi connectivity index (χ3v) is 2.41. The van der Waals surface area contributed by atoms with Crippen LogP contribution in [0.5, 0.6) is 0 Å². The lowest BCUT2D eigenvalue weighted by atomic mass is 10.2. The highest BCUT2D eigenvalue weighted by Gasteiger charge is 2.22. The lowest BCUT2D eigenvalue weighted by Crippen LogP contribution is -2.36. The molecule has 0 aliphatic rings. The lowest BCUT2D eigenvalue weighted by molar-refractivity contribution is 0.0243. The van der Waals surface area contributed by atoms with Gasteiger partial charge in [0.05, 0.1) is 6.54 Å². The number of carbonyl (C=O) groups is 1. The Labute approximate surface area is 112 Å². The van der Waals surface area contributed by atoms with E-state index in [0.717, 1.165) is 6.07 Å². The van der Waals surface area contributed by atoms with Crippen LogP contribution in [0.2, 0.25) is 0 Å². The van der Waals surface area contributed by atoms with Crippen LogP contribution in [0.4, 0.5) is 13.6 Å². The first-order valence-corrected chi connectivity index (χ1v) is 6.15. The second-order valence-corrected chi connectivity index (χ2v) is 5.23. The highest BCUT2D eigenvalue weighted by atomic mass is 19.1. The Balaban J connectivity index is 2.79. The van der Waals surface area contributed by atoms with Crippen LogP contribution in [0.3, 0.4) is 0 Å². The van der Waals surface area contributed by atoms with Gasteiger partial charge >= 0.3 is 6.09 Å². The normalized spacial score (nSPS) is 11.3. The second kappa shape index (κ2) is 5.99. The molecule has 1 aromatic carbocycles. The Bertz CT molecular complexity index is 455. The van der Waals surface area contributed by atoms with Gasteiger partial charge in [0.1, 0.15) is 17.2 Å². The van der Waals surface area contributed by atoms with Gasteiger partial charge in [-0.25, -0.2) is 13.6 Å². The summed E-state index contributed by atoms with van der Waals surface area (Å²) in [6.45, 7) is 7.49. The molecule has 0 aromatic heterocycles. The summed E-state index contributed by atoms with van der Waals surface area (Å²) < 4.78 is 31.5. The van der Waals surface area contributed by atoms with Crippen LogP contribution in [0.25, 0.3) is 0 Å². The van der Waals surface area contributed by atoms with E-state index >= 15 is 0 Å². The van der Waals surface area contributed by atoms with Crippen molar-refractivity contribution in [3.05, 3.63) is 35.4 Å². The van der Waals surface area contributed by atoms with Gasteiger partial charge in [-0.3, -0.25) is 0 Å². The largest absolute Gasteiger partial charge is 0.444 e. The van der Waals surface area contributed by atoms with E-state index in [2.05, 4.69) is 0 Å². The minimum atomic E-state index is -0.665. The molecule has 0 aliphatic heterocycles. The summed E-state index contributed by atoms with van der Waals surface area (Å²) in [6.07, 6.45) is -0.515. The van der Waals surface area contributed by atoms with E-state index in [1.807, 2.05) is 0 Å². The maximum absolute atomic E-state index is 13.5. The molecule has 3 nitrogen and oxygen atoms in total. The maximum Gasteiger partial charge on any atom is 0.410 e. The molecule has 106 valence electrons. The van der Waals surface area contributed by atoms with Crippen molar-refractivity contribution in [2.45, 2.75) is 39.8 Å². The van der Waals surface area contributed by atoms with Gasteiger partial charge in [-0.05, 0) is 33.8 Å². The van der Waals surface area contributed by atoms with Gasteiger partial charge in [-0.2, -0.15) is 0 Å². The molecular weight excluding hydrogens is 252 g/mol. The summed E-state index contributed by atoms with van der Waals surface area (Å²) in [5.41, 5.74) is -0.347. The average Bonchev–Trinajstić information content (AvgIpc) is 2.25. The molecule has 1 aromatic rings. The number of benzene rings is 1. The second-order valence-electron chi connectivity index (χ2n) is 5.23. The maximum atomic E-state index is 13.5. The minimum Gasteiger partial charge on any atom is -0.444 e. The Morgan fingerprint density at radius 3 is 2.42 bits per heavy atom. The fourth-order valence-corrected chi connectivity index (χ4v) is 1.49. The molecule has 0 heterocycles. The average molecular weight is 271 g/mol. The number of hydrogen-bond acceptors (Lipinski definition) is 2. The molecule has 19 heavy (non-hydrogen) atoms. The number of halogens is 2. The van der Waals surface area contributed by atoms with Crippen molar-refractivity contribution in [1.29, 1.82) is 0 Å². The van der Waals surface area contributed by atoms with Gasteiger partial charge in [0.15, 0.2) is 0 Å². The van der Waals surface area contributed by atoms with Crippen molar-refractivity contribution in [1.82, 2.24) is 4.90 Å². The van der Waals surface area contributed by atoms with Gasteiger partial charge in [0.2, 0.25) is 0 Å². The number of rotatable bonds is 3. The molecule has 0 saturated heterocycles. The van der Waals surface area contributed by atoms with Crippen molar-refractivity contribution in [2.75, 3.05) is 6.54 Å². The quantitative estimate of drug-likeness (QED) is 0.838. The van der Waals surface area contributed by atoms with Crippen LogP contribution >= 0.6 is 0 Å². The van der Waals surface area contributed by atoms with E-state index in [1.54, 1.807) is 27.7 Å². The molecule has 0 spiro atoms. The van der Waals surface area contributed by atoms with E-state index in [1.165, 1.54) is 17.0 Å². The predicted octanol–water partition coefficient (Wildman–Crippen LogP) is 3.72. The van der Waals surface area contributed by atoms with Crippen molar-refractivity contribution in [3.63, 3.8) is 0 Å². The van der Waals surface area contributed by atoms with Gasteiger partial charge < -0.3 is 9.64 Å². The highest BCUT2D eigenvalue weighted by molar-refractivity contribution is 5.68. The molecule has 0 saturated carbocycles. The number of hydrogen-bond donors (Lipinski definition) is 0. The molecule has 1 rings (SSSR count). The van der Waals surface area contributed by atoms with Crippen molar-refractivity contribution in [2.24, 2.45) is 0 Å².